The van der Waals surface area contributed by atoms with Crippen LogP contribution in [0.2, 0.25) is 0 Å². The van der Waals surface area contributed by atoms with Crippen LogP contribution in [0.3, 0.4) is 0 Å². The molecule has 3 nitrogen and oxygen atoms in total. The van der Waals surface area contributed by atoms with Crippen LogP contribution in [-0.2, 0) is 11.2 Å². The molecule has 0 unspecified atom stereocenters. The Bertz CT molecular complexity index is 737. The normalized spacial score (nSPS) is 12.1. The summed E-state index contributed by atoms with van der Waals surface area (Å²) in [5.74, 6) is 1.10. The molecule has 0 radical (unpaired) electrons. The highest BCUT2D eigenvalue weighted by Crippen LogP contribution is 2.28. The van der Waals surface area contributed by atoms with Crippen LogP contribution in [0.4, 0.5) is 0 Å². The van der Waals surface area contributed by atoms with Gasteiger partial charge in [0.25, 0.3) is 5.91 Å². The van der Waals surface area contributed by atoms with Gasteiger partial charge in [-0.15, -0.1) is 0 Å². The van der Waals surface area contributed by atoms with Crippen molar-refractivity contribution >= 4 is 5.91 Å². The Morgan fingerprint density at radius 2 is 1.77 bits per heavy atom. The van der Waals surface area contributed by atoms with E-state index in [1.165, 1.54) is 11.1 Å². The third-order valence-corrected chi connectivity index (χ3v) is 4.49. The van der Waals surface area contributed by atoms with Crippen LogP contribution in [0, 0.1) is 13.8 Å². The first-order valence-corrected chi connectivity index (χ1v) is 9.47. The van der Waals surface area contributed by atoms with E-state index in [2.05, 4.69) is 62.5 Å². The predicted molar refractivity (Wildman–Crippen MR) is 108 cm³/mol. The van der Waals surface area contributed by atoms with Gasteiger partial charge in [-0.3, -0.25) is 4.79 Å². The van der Waals surface area contributed by atoms with E-state index in [-0.39, 0.29) is 5.91 Å². The van der Waals surface area contributed by atoms with E-state index in [0.29, 0.717) is 12.5 Å². The quantitative estimate of drug-likeness (QED) is 0.682. The Morgan fingerprint density at radius 1 is 1.04 bits per heavy atom. The van der Waals surface area contributed by atoms with Crippen molar-refractivity contribution in [3.05, 3.63) is 64.7 Å². The molecule has 1 N–H and O–H groups in total. The maximum Gasteiger partial charge on any atom is 0.260 e. The number of hydrogen-bond donors (Lipinski definition) is 1. The van der Waals surface area contributed by atoms with Crippen molar-refractivity contribution in [1.82, 2.24) is 5.32 Å². The Hall–Kier alpha value is -2.29. The molecule has 0 aliphatic rings. The summed E-state index contributed by atoms with van der Waals surface area (Å²) in [5.41, 5.74) is 4.85. The molecule has 0 saturated carbocycles. The van der Waals surface area contributed by atoms with Gasteiger partial charge in [-0.25, -0.2) is 0 Å². The minimum absolute atomic E-state index is 0.0644. The minimum Gasteiger partial charge on any atom is -0.481 e. The topological polar surface area (TPSA) is 38.3 Å². The molecule has 0 saturated heterocycles. The lowest BCUT2D eigenvalue weighted by atomic mass is 10.0. The molecular formula is C23H31NO2. The van der Waals surface area contributed by atoms with Crippen molar-refractivity contribution < 1.29 is 9.53 Å². The highest BCUT2D eigenvalue weighted by atomic mass is 16.5. The molecule has 0 spiro atoms. The van der Waals surface area contributed by atoms with Crippen LogP contribution >= 0.6 is 0 Å². The van der Waals surface area contributed by atoms with E-state index < -0.39 is 6.10 Å². The second-order valence-corrected chi connectivity index (χ2v) is 7.34. The zero-order valence-corrected chi connectivity index (χ0v) is 16.6. The van der Waals surface area contributed by atoms with Gasteiger partial charge >= 0.3 is 0 Å². The van der Waals surface area contributed by atoms with Crippen molar-refractivity contribution in [2.45, 2.75) is 59.5 Å². The molecule has 2 aromatic rings. The zero-order chi connectivity index (χ0) is 19.1. The molecule has 1 amide bonds. The van der Waals surface area contributed by atoms with Gasteiger partial charge in [0.05, 0.1) is 0 Å². The highest BCUT2D eigenvalue weighted by Gasteiger charge is 2.17. The first-order valence-electron chi connectivity index (χ1n) is 9.47. The largest absolute Gasteiger partial charge is 0.481 e. The smallest absolute Gasteiger partial charge is 0.260 e. The summed E-state index contributed by atoms with van der Waals surface area (Å²) in [7, 11) is 0. The second-order valence-electron chi connectivity index (χ2n) is 7.34. The Morgan fingerprint density at radius 3 is 2.46 bits per heavy atom. The summed E-state index contributed by atoms with van der Waals surface area (Å²) in [4.78, 5) is 12.3. The van der Waals surface area contributed by atoms with Crippen LogP contribution in [0.5, 0.6) is 5.75 Å². The number of benzene rings is 2. The third-order valence-electron chi connectivity index (χ3n) is 4.49. The highest BCUT2D eigenvalue weighted by molar-refractivity contribution is 5.80. The van der Waals surface area contributed by atoms with Crippen LogP contribution in [0.1, 0.15) is 55.4 Å². The summed E-state index contributed by atoms with van der Waals surface area (Å²) in [6.07, 6.45) is 1.38. The Balaban J connectivity index is 1.83. The molecule has 2 rings (SSSR count). The van der Waals surface area contributed by atoms with Gasteiger partial charge in [-0.2, -0.15) is 0 Å². The number of ether oxygens (including phenoxy) is 1. The Kier molecular flexibility index (Phi) is 7.26. The van der Waals surface area contributed by atoms with Crippen LogP contribution < -0.4 is 10.1 Å². The van der Waals surface area contributed by atoms with E-state index in [1.807, 2.05) is 19.9 Å². The molecule has 3 heteroatoms. The minimum atomic E-state index is -0.506. The molecule has 2 aromatic carbocycles. The van der Waals surface area contributed by atoms with Crippen LogP contribution in [0.25, 0.3) is 0 Å². The third kappa shape index (κ3) is 5.91. The Labute approximate surface area is 157 Å². The molecule has 0 fully saturated rings. The number of nitrogens with one attached hydrogen (secondary N) is 1. The van der Waals surface area contributed by atoms with Crippen LogP contribution in [-0.4, -0.2) is 18.6 Å². The number of rotatable bonds is 8. The number of amides is 1. The maximum absolute atomic E-state index is 12.3. The lowest BCUT2D eigenvalue weighted by Gasteiger charge is -2.19. The first kappa shape index (κ1) is 20.0. The first-order chi connectivity index (χ1) is 12.4. The lowest BCUT2D eigenvalue weighted by molar-refractivity contribution is -0.127. The standard InChI is InChI=1S/C23H31NO2/c1-16(2)21-12-11-18(4)15-22(21)26-19(5)23(25)24-13-7-10-20-9-6-8-17(3)14-20/h6,8-9,11-12,14-16,19H,7,10,13H2,1-5H3,(H,24,25)/t19-/m0/s1. The number of carbonyl (C=O) groups excluding carboxylic acids is 1. The van der Waals surface area contributed by atoms with Crippen molar-refractivity contribution in [3.63, 3.8) is 0 Å². The molecule has 1 atom stereocenters. The SMILES string of the molecule is Cc1cccc(CCCNC(=O)[C@H](C)Oc2cc(C)ccc2C(C)C)c1. The van der Waals surface area contributed by atoms with Gasteiger partial charge in [-0.1, -0.05) is 55.8 Å². The molecule has 26 heavy (non-hydrogen) atoms. The molecular weight excluding hydrogens is 322 g/mol. The van der Waals surface area contributed by atoms with E-state index in [0.717, 1.165) is 29.7 Å². The maximum atomic E-state index is 12.3. The zero-order valence-electron chi connectivity index (χ0n) is 16.6. The van der Waals surface area contributed by atoms with Gasteiger partial charge in [0.1, 0.15) is 5.75 Å². The monoisotopic (exact) mass is 353 g/mol. The van der Waals surface area contributed by atoms with E-state index in [4.69, 9.17) is 4.74 Å². The molecule has 140 valence electrons. The van der Waals surface area contributed by atoms with E-state index in [9.17, 15) is 4.79 Å². The van der Waals surface area contributed by atoms with E-state index in [1.54, 1.807) is 0 Å². The summed E-state index contributed by atoms with van der Waals surface area (Å²) in [6.45, 7) is 10.9. The van der Waals surface area contributed by atoms with Gasteiger partial charge in [0.2, 0.25) is 0 Å². The fourth-order valence-corrected chi connectivity index (χ4v) is 2.98. The van der Waals surface area contributed by atoms with Gasteiger partial charge in [-0.05, 0) is 62.3 Å². The lowest BCUT2D eigenvalue weighted by Crippen LogP contribution is -2.37. The number of carbonyl (C=O) groups is 1. The molecule has 0 aliphatic heterocycles. The number of hydrogen-bond acceptors (Lipinski definition) is 2. The van der Waals surface area contributed by atoms with Crippen molar-refractivity contribution in [2.24, 2.45) is 0 Å². The number of aryl methyl sites for hydroxylation is 3. The van der Waals surface area contributed by atoms with Gasteiger partial charge in [0.15, 0.2) is 6.10 Å². The average Bonchev–Trinajstić information content (AvgIpc) is 2.58. The summed E-state index contributed by atoms with van der Waals surface area (Å²) >= 11 is 0. The van der Waals surface area contributed by atoms with Gasteiger partial charge < -0.3 is 10.1 Å². The average molecular weight is 354 g/mol. The van der Waals surface area contributed by atoms with E-state index >= 15 is 0 Å². The molecule has 0 heterocycles. The van der Waals surface area contributed by atoms with Crippen molar-refractivity contribution in [2.75, 3.05) is 6.54 Å². The molecule has 0 aromatic heterocycles. The predicted octanol–water partition coefficient (Wildman–Crippen LogP) is 4.94. The summed E-state index contributed by atoms with van der Waals surface area (Å²) in [6, 6.07) is 14.7. The van der Waals surface area contributed by atoms with Crippen LogP contribution in [0.15, 0.2) is 42.5 Å². The fraction of sp³-hybridized carbons (Fsp3) is 0.435. The second kappa shape index (κ2) is 9.42. The molecule has 0 bridgehead atoms. The van der Waals surface area contributed by atoms with Gasteiger partial charge in [0, 0.05) is 6.54 Å². The summed E-state index contributed by atoms with van der Waals surface area (Å²) < 4.78 is 5.97. The summed E-state index contributed by atoms with van der Waals surface area (Å²) in [5, 5.41) is 2.99. The fourth-order valence-electron chi connectivity index (χ4n) is 2.98. The molecule has 0 aliphatic carbocycles. The van der Waals surface area contributed by atoms with Crippen molar-refractivity contribution in [1.29, 1.82) is 0 Å². The van der Waals surface area contributed by atoms with Crippen molar-refractivity contribution in [3.8, 4) is 5.75 Å².